The Hall–Kier alpha value is -0.610. The third-order valence-electron chi connectivity index (χ3n) is 2.77. The summed E-state index contributed by atoms with van der Waals surface area (Å²) >= 11 is 0. The van der Waals surface area contributed by atoms with Crippen LogP contribution in [0.2, 0.25) is 0 Å². The fourth-order valence-electron chi connectivity index (χ4n) is 1.79. The monoisotopic (exact) mass is 186 g/mol. The first-order valence-corrected chi connectivity index (χ1v) is 4.75. The van der Waals surface area contributed by atoms with Crippen molar-refractivity contribution < 1.29 is 9.90 Å². The maximum atomic E-state index is 10.5. The van der Waals surface area contributed by atoms with E-state index < -0.39 is 5.97 Å². The number of carbonyl (C=O) groups is 1. The largest absolute Gasteiger partial charge is 0.481 e. The van der Waals surface area contributed by atoms with Gasteiger partial charge in [-0.05, 0) is 38.9 Å². The van der Waals surface area contributed by atoms with Gasteiger partial charge in [-0.2, -0.15) is 0 Å². The molecule has 1 aliphatic heterocycles. The molecule has 0 amide bonds. The molecule has 1 heterocycles. The highest BCUT2D eigenvalue weighted by molar-refractivity contribution is 5.67. The first kappa shape index (κ1) is 10.5. The van der Waals surface area contributed by atoms with Gasteiger partial charge in [0.2, 0.25) is 0 Å². The van der Waals surface area contributed by atoms with Crippen LogP contribution in [-0.2, 0) is 4.79 Å². The van der Waals surface area contributed by atoms with Gasteiger partial charge in [0, 0.05) is 12.5 Å². The molecule has 1 fully saturated rings. The van der Waals surface area contributed by atoms with E-state index in [1.54, 1.807) is 0 Å². The second-order valence-electron chi connectivity index (χ2n) is 3.90. The minimum Gasteiger partial charge on any atom is -0.481 e. The Morgan fingerprint density at radius 2 is 2.15 bits per heavy atom. The summed E-state index contributed by atoms with van der Waals surface area (Å²) in [6, 6.07) is 0.0565. The van der Waals surface area contributed by atoms with Crippen LogP contribution in [0.3, 0.4) is 0 Å². The molecule has 0 spiro atoms. The summed E-state index contributed by atoms with van der Waals surface area (Å²) in [7, 11) is 2.05. The lowest BCUT2D eigenvalue weighted by atomic mass is 9.92. The van der Waals surface area contributed by atoms with Crippen LogP contribution < -0.4 is 5.73 Å². The Balaban J connectivity index is 2.46. The first-order valence-electron chi connectivity index (χ1n) is 4.75. The highest BCUT2D eigenvalue weighted by atomic mass is 16.4. The lowest BCUT2D eigenvalue weighted by molar-refractivity contribution is -0.138. The molecule has 2 atom stereocenters. The normalized spacial score (nSPS) is 31.2. The zero-order valence-corrected chi connectivity index (χ0v) is 8.07. The highest BCUT2D eigenvalue weighted by Gasteiger charge is 2.24. The van der Waals surface area contributed by atoms with Gasteiger partial charge in [-0.15, -0.1) is 0 Å². The van der Waals surface area contributed by atoms with E-state index in [1.807, 2.05) is 0 Å². The third kappa shape index (κ3) is 3.32. The lowest BCUT2D eigenvalue weighted by Crippen LogP contribution is -2.31. The first-order chi connectivity index (χ1) is 6.09. The number of aliphatic carboxylic acids is 1. The van der Waals surface area contributed by atoms with Crippen molar-refractivity contribution in [1.82, 2.24) is 4.90 Å². The van der Waals surface area contributed by atoms with E-state index in [2.05, 4.69) is 11.9 Å². The van der Waals surface area contributed by atoms with Crippen molar-refractivity contribution in [2.75, 3.05) is 20.1 Å². The van der Waals surface area contributed by atoms with Gasteiger partial charge in [0.05, 0.1) is 0 Å². The Kier molecular flexibility index (Phi) is 3.69. The fourth-order valence-corrected chi connectivity index (χ4v) is 1.79. The maximum absolute atomic E-state index is 10.5. The van der Waals surface area contributed by atoms with E-state index in [-0.39, 0.29) is 18.4 Å². The van der Waals surface area contributed by atoms with Crippen molar-refractivity contribution >= 4 is 5.97 Å². The van der Waals surface area contributed by atoms with Crippen molar-refractivity contribution in [1.29, 1.82) is 0 Å². The molecule has 1 rings (SSSR count). The molecule has 13 heavy (non-hydrogen) atoms. The standard InChI is InChI=1S/C9H18N2O2/c1-11-4-2-7(6-9(12)13)8(10)3-5-11/h7-8H,2-6,10H2,1H3,(H,12,13)/t7-,8-/m1/s1. The number of rotatable bonds is 2. The number of likely N-dealkylation sites (tertiary alicyclic amines) is 1. The molecule has 0 saturated carbocycles. The minimum atomic E-state index is -0.731. The van der Waals surface area contributed by atoms with Crippen LogP contribution in [0.4, 0.5) is 0 Å². The van der Waals surface area contributed by atoms with Crippen LogP contribution in [0.1, 0.15) is 19.3 Å². The molecule has 4 nitrogen and oxygen atoms in total. The summed E-state index contributed by atoms with van der Waals surface area (Å²) in [5.74, 6) is -0.576. The summed E-state index contributed by atoms with van der Waals surface area (Å²) in [6.45, 7) is 1.95. The Labute approximate surface area is 78.7 Å². The van der Waals surface area contributed by atoms with E-state index in [1.165, 1.54) is 0 Å². The molecule has 4 heteroatoms. The molecule has 0 unspecified atom stereocenters. The van der Waals surface area contributed by atoms with E-state index in [0.717, 1.165) is 25.9 Å². The maximum Gasteiger partial charge on any atom is 0.303 e. The van der Waals surface area contributed by atoms with E-state index in [9.17, 15) is 4.79 Å². The molecular formula is C9H18N2O2. The topological polar surface area (TPSA) is 66.6 Å². The molecule has 0 bridgehead atoms. The molecule has 0 aromatic carbocycles. The molecule has 3 N–H and O–H groups in total. The number of hydrogen-bond donors (Lipinski definition) is 2. The van der Waals surface area contributed by atoms with Crippen LogP contribution >= 0.6 is 0 Å². The van der Waals surface area contributed by atoms with Crippen molar-refractivity contribution in [2.45, 2.75) is 25.3 Å². The van der Waals surface area contributed by atoms with Crippen molar-refractivity contribution in [3.8, 4) is 0 Å². The third-order valence-corrected chi connectivity index (χ3v) is 2.77. The smallest absolute Gasteiger partial charge is 0.303 e. The van der Waals surface area contributed by atoms with E-state index in [0.29, 0.717) is 0 Å². The van der Waals surface area contributed by atoms with E-state index in [4.69, 9.17) is 10.8 Å². The Morgan fingerprint density at radius 1 is 1.54 bits per heavy atom. The van der Waals surface area contributed by atoms with Crippen molar-refractivity contribution in [3.05, 3.63) is 0 Å². The number of hydrogen-bond acceptors (Lipinski definition) is 3. The summed E-state index contributed by atoms with van der Waals surface area (Å²) in [5.41, 5.74) is 5.90. The van der Waals surface area contributed by atoms with Gasteiger partial charge in [0.1, 0.15) is 0 Å². The Morgan fingerprint density at radius 3 is 2.77 bits per heavy atom. The van der Waals surface area contributed by atoms with Crippen LogP contribution in [-0.4, -0.2) is 42.2 Å². The van der Waals surface area contributed by atoms with E-state index >= 15 is 0 Å². The van der Waals surface area contributed by atoms with Crippen LogP contribution in [0, 0.1) is 5.92 Å². The average Bonchev–Trinajstić information content (AvgIpc) is 2.19. The second-order valence-corrected chi connectivity index (χ2v) is 3.90. The minimum absolute atomic E-state index is 0.0565. The summed E-state index contributed by atoms with van der Waals surface area (Å²) < 4.78 is 0. The summed E-state index contributed by atoms with van der Waals surface area (Å²) in [5, 5.41) is 8.67. The Bertz CT molecular complexity index is 184. The lowest BCUT2D eigenvalue weighted by Gasteiger charge is -2.18. The van der Waals surface area contributed by atoms with Gasteiger partial charge in [-0.25, -0.2) is 0 Å². The summed E-state index contributed by atoms with van der Waals surface area (Å²) in [6.07, 6.45) is 2.04. The zero-order valence-electron chi connectivity index (χ0n) is 8.07. The number of carboxylic acids is 1. The molecular weight excluding hydrogens is 168 g/mol. The molecule has 76 valence electrons. The van der Waals surface area contributed by atoms with Crippen LogP contribution in [0.15, 0.2) is 0 Å². The van der Waals surface area contributed by atoms with Gasteiger partial charge >= 0.3 is 5.97 Å². The predicted molar refractivity (Wildman–Crippen MR) is 50.4 cm³/mol. The van der Waals surface area contributed by atoms with Gasteiger partial charge in [0.25, 0.3) is 0 Å². The van der Waals surface area contributed by atoms with Gasteiger partial charge in [-0.3, -0.25) is 4.79 Å². The van der Waals surface area contributed by atoms with Gasteiger partial charge in [0.15, 0.2) is 0 Å². The fraction of sp³-hybridized carbons (Fsp3) is 0.889. The molecule has 0 radical (unpaired) electrons. The molecule has 0 aromatic rings. The SMILES string of the molecule is CN1CC[C@H](CC(=O)O)[C@H](N)CC1. The molecule has 0 aliphatic carbocycles. The zero-order chi connectivity index (χ0) is 9.84. The highest BCUT2D eigenvalue weighted by Crippen LogP contribution is 2.19. The van der Waals surface area contributed by atoms with Crippen molar-refractivity contribution in [3.63, 3.8) is 0 Å². The van der Waals surface area contributed by atoms with Crippen LogP contribution in [0.25, 0.3) is 0 Å². The number of nitrogens with zero attached hydrogens (tertiary/aromatic N) is 1. The van der Waals surface area contributed by atoms with Gasteiger partial charge in [-0.1, -0.05) is 0 Å². The number of nitrogens with two attached hydrogens (primary N) is 1. The van der Waals surface area contributed by atoms with Gasteiger partial charge < -0.3 is 15.7 Å². The molecule has 1 aliphatic rings. The average molecular weight is 186 g/mol. The van der Waals surface area contributed by atoms with Crippen molar-refractivity contribution in [2.24, 2.45) is 11.7 Å². The molecule has 1 saturated heterocycles. The summed E-state index contributed by atoms with van der Waals surface area (Å²) in [4.78, 5) is 12.7. The quantitative estimate of drug-likeness (QED) is 0.643. The second kappa shape index (κ2) is 4.58. The predicted octanol–water partition coefficient (Wildman–Crippen LogP) is 0.130. The number of carboxylic acid groups (broad SMARTS) is 1. The molecule has 0 aromatic heterocycles. The van der Waals surface area contributed by atoms with Crippen LogP contribution in [0.5, 0.6) is 0 Å².